The zero-order valence-electron chi connectivity index (χ0n) is 15.0. The Kier molecular flexibility index (Phi) is 4.88. The molecule has 1 N–H and O–H groups in total. The summed E-state index contributed by atoms with van der Waals surface area (Å²) in [5, 5.41) is 4.24. The predicted octanol–water partition coefficient (Wildman–Crippen LogP) is 3.87. The minimum Gasteiger partial charge on any atom is -0.493 e. The summed E-state index contributed by atoms with van der Waals surface area (Å²) < 4.78 is 6.32. The Bertz CT molecular complexity index is 797. The lowest BCUT2D eigenvalue weighted by Crippen LogP contribution is -2.43. The number of aliphatic imine (C=N–C) groups is 1. The first-order valence-electron chi connectivity index (χ1n) is 9.11. The van der Waals surface area contributed by atoms with Crippen LogP contribution >= 0.6 is 11.6 Å². The highest BCUT2D eigenvalue weighted by molar-refractivity contribution is 6.30. The van der Waals surface area contributed by atoms with E-state index in [-0.39, 0.29) is 5.41 Å². The van der Waals surface area contributed by atoms with E-state index >= 15 is 0 Å². The number of hydrogen-bond donors (Lipinski definition) is 1. The molecule has 2 heterocycles. The molecule has 0 saturated carbocycles. The fourth-order valence-corrected chi connectivity index (χ4v) is 3.96. The molecule has 0 amide bonds. The van der Waals surface area contributed by atoms with Crippen LogP contribution in [0.1, 0.15) is 24.0 Å². The molecule has 1 saturated heterocycles. The Hall–Kier alpha value is -2.04. The molecule has 2 aromatic carbocycles. The summed E-state index contributed by atoms with van der Waals surface area (Å²) in [5.41, 5.74) is 3.65. The molecule has 0 radical (unpaired) electrons. The summed E-state index contributed by atoms with van der Waals surface area (Å²) in [6.45, 7) is 3.38. The summed E-state index contributed by atoms with van der Waals surface area (Å²) >= 11 is 6.09. The molecule has 0 unspecified atom stereocenters. The van der Waals surface area contributed by atoms with E-state index in [9.17, 15) is 0 Å². The van der Waals surface area contributed by atoms with Crippen molar-refractivity contribution < 1.29 is 4.74 Å². The van der Waals surface area contributed by atoms with Gasteiger partial charge in [-0.25, -0.2) is 0 Å². The third-order valence-electron chi connectivity index (χ3n) is 5.47. The zero-order valence-corrected chi connectivity index (χ0v) is 15.8. The first kappa shape index (κ1) is 17.4. The Morgan fingerprint density at radius 3 is 2.69 bits per heavy atom. The Morgan fingerprint density at radius 1 is 1.15 bits per heavy atom. The second-order valence-electron chi connectivity index (χ2n) is 7.20. The van der Waals surface area contributed by atoms with Gasteiger partial charge in [-0.15, -0.1) is 0 Å². The van der Waals surface area contributed by atoms with Gasteiger partial charge in [0.2, 0.25) is 0 Å². The molecule has 2 aliphatic heterocycles. The Labute approximate surface area is 159 Å². The van der Waals surface area contributed by atoms with Crippen LogP contribution in [0.25, 0.3) is 0 Å². The highest BCUT2D eigenvalue weighted by Crippen LogP contribution is 2.35. The van der Waals surface area contributed by atoms with Gasteiger partial charge in [-0.2, -0.15) is 0 Å². The van der Waals surface area contributed by atoms with Crippen LogP contribution in [0, 0.1) is 0 Å². The summed E-state index contributed by atoms with van der Waals surface area (Å²) in [4.78, 5) is 6.49. The number of fused-ring (bicyclic) bond motifs is 1. The molecular weight excluding hydrogens is 346 g/mol. The van der Waals surface area contributed by atoms with E-state index in [2.05, 4.69) is 46.5 Å². The summed E-state index contributed by atoms with van der Waals surface area (Å²) in [6, 6.07) is 14.5. The van der Waals surface area contributed by atoms with Crippen LogP contribution in [-0.4, -0.2) is 39.6 Å². The molecule has 2 aromatic rings. The lowest BCUT2D eigenvalue weighted by molar-refractivity contribution is 0.176. The molecule has 1 fully saturated rings. The van der Waals surface area contributed by atoms with Gasteiger partial charge >= 0.3 is 0 Å². The maximum Gasteiger partial charge on any atom is 0.121 e. The van der Waals surface area contributed by atoms with Gasteiger partial charge in [-0.05, 0) is 55.8 Å². The second-order valence-corrected chi connectivity index (χ2v) is 7.63. The van der Waals surface area contributed by atoms with Crippen LogP contribution in [0.4, 0.5) is 5.69 Å². The van der Waals surface area contributed by atoms with Gasteiger partial charge in [0.15, 0.2) is 0 Å². The first-order chi connectivity index (χ1) is 12.7. The number of benzene rings is 2. The fourth-order valence-electron chi connectivity index (χ4n) is 3.84. The number of ether oxygens (including phenoxy) is 1. The summed E-state index contributed by atoms with van der Waals surface area (Å²) in [7, 11) is 2.06. The van der Waals surface area contributed by atoms with Crippen molar-refractivity contribution >= 4 is 23.5 Å². The third-order valence-corrected chi connectivity index (χ3v) is 5.72. The second kappa shape index (κ2) is 7.29. The monoisotopic (exact) mass is 369 g/mol. The minimum atomic E-state index is 0.0269. The van der Waals surface area contributed by atoms with Crippen LogP contribution in [0.5, 0.6) is 5.75 Å². The number of rotatable bonds is 4. The van der Waals surface area contributed by atoms with Gasteiger partial charge in [0.25, 0.3) is 0 Å². The minimum absolute atomic E-state index is 0.0269. The number of piperidine rings is 1. The topological polar surface area (TPSA) is 36.9 Å². The molecular formula is C21H24ClN3O. The average Bonchev–Trinajstić information content (AvgIpc) is 2.68. The van der Waals surface area contributed by atoms with Crippen molar-refractivity contribution in [2.75, 3.05) is 38.3 Å². The van der Waals surface area contributed by atoms with Gasteiger partial charge in [0.05, 0.1) is 12.3 Å². The quantitative estimate of drug-likeness (QED) is 0.888. The third kappa shape index (κ3) is 3.44. The number of nitrogens with zero attached hydrogens (tertiary/aromatic N) is 2. The molecule has 2 aliphatic rings. The highest BCUT2D eigenvalue weighted by Gasteiger charge is 2.35. The van der Waals surface area contributed by atoms with Crippen LogP contribution in [0.2, 0.25) is 5.02 Å². The molecule has 136 valence electrons. The molecule has 0 spiro atoms. The van der Waals surface area contributed by atoms with E-state index < -0.39 is 0 Å². The van der Waals surface area contributed by atoms with Crippen molar-refractivity contribution in [1.29, 1.82) is 0 Å². The molecule has 4 rings (SSSR count). The van der Waals surface area contributed by atoms with Crippen molar-refractivity contribution in [3.8, 4) is 5.75 Å². The van der Waals surface area contributed by atoms with E-state index in [1.807, 2.05) is 24.4 Å². The molecule has 5 heteroatoms. The maximum atomic E-state index is 6.32. The van der Waals surface area contributed by atoms with Gasteiger partial charge < -0.3 is 15.0 Å². The van der Waals surface area contributed by atoms with Gasteiger partial charge in [-0.3, -0.25) is 4.99 Å². The van der Waals surface area contributed by atoms with Crippen molar-refractivity contribution in [2.24, 2.45) is 4.99 Å². The van der Waals surface area contributed by atoms with E-state index in [1.54, 1.807) is 0 Å². The van der Waals surface area contributed by atoms with E-state index in [1.165, 1.54) is 11.3 Å². The lowest BCUT2D eigenvalue weighted by Gasteiger charge is -2.38. The van der Waals surface area contributed by atoms with Crippen LogP contribution in [0.3, 0.4) is 0 Å². The normalized spacial score (nSPS) is 18.5. The van der Waals surface area contributed by atoms with Gasteiger partial charge in [0, 0.05) is 35.3 Å². The number of halogens is 1. The van der Waals surface area contributed by atoms with E-state index in [0.29, 0.717) is 13.3 Å². The first-order valence-corrected chi connectivity index (χ1v) is 9.49. The molecule has 0 bridgehead atoms. The van der Waals surface area contributed by atoms with Crippen molar-refractivity contribution in [3.63, 3.8) is 0 Å². The van der Waals surface area contributed by atoms with E-state index in [0.717, 1.165) is 42.3 Å². The van der Waals surface area contributed by atoms with Crippen LogP contribution in [0.15, 0.2) is 47.5 Å². The number of hydrogen-bond acceptors (Lipinski definition) is 4. The summed E-state index contributed by atoms with van der Waals surface area (Å²) in [5.74, 6) is 0.915. The molecule has 0 atom stereocenters. The highest BCUT2D eigenvalue weighted by atomic mass is 35.5. The summed E-state index contributed by atoms with van der Waals surface area (Å²) in [6.07, 6.45) is 4.05. The van der Waals surface area contributed by atoms with Crippen molar-refractivity contribution in [3.05, 3.63) is 58.6 Å². The SMILES string of the molecule is CN1CN=Cc2ccc(OCC3(c4ccc(Cl)cc4)CCNCC3)cc21. The standard InChI is InChI=1S/C21H24ClN3O/c1-25-15-24-13-16-2-7-19(12-20(16)25)26-14-21(8-10-23-11-9-21)17-3-5-18(22)6-4-17/h2-7,12-13,23H,8-11,14-15H2,1H3. The lowest BCUT2D eigenvalue weighted by atomic mass is 9.74. The van der Waals surface area contributed by atoms with E-state index in [4.69, 9.17) is 16.3 Å². The zero-order chi connectivity index (χ0) is 18.0. The largest absolute Gasteiger partial charge is 0.493 e. The Balaban J connectivity index is 1.56. The predicted molar refractivity (Wildman–Crippen MR) is 108 cm³/mol. The maximum absolute atomic E-state index is 6.32. The molecule has 26 heavy (non-hydrogen) atoms. The van der Waals surface area contributed by atoms with Gasteiger partial charge in [0.1, 0.15) is 12.4 Å². The van der Waals surface area contributed by atoms with Crippen molar-refractivity contribution in [1.82, 2.24) is 5.32 Å². The molecule has 0 aromatic heterocycles. The fraction of sp³-hybridized carbons (Fsp3) is 0.381. The Morgan fingerprint density at radius 2 is 1.92 bits per heavy atom. The van der Waals surface area contributed by atoms with Crippen LogP contribution in [-0.2, 0) is 5.41 Å². The van der Waals surface area contributed by atoms with Crippen LogP contribution < -0.4 is 15.0 Å². The number of anilines is 1. The van der Waals surface area contributed by atoms with Gasteiger partial charge in [-0.1, -0.05) is 23.7 Å². The average molecular weight is 370 g/mol. The molecule has 0 aliphatic carbocycles. The molecule has 4 nitrogen and oxygen atoms in total. The van der Waals surface area contributed by atoms with Crippen molar-refractivity contribution in [2.45, 2.75) is 18.3 Å². The smallest absolute Gasteiger partial charge is 0.121 e. The number of nitrogens with one attached hydrogen (secondary N) is 1.